The number of carbonyl (C=O) groups is 3. The fourth-order valence-corrected chi connectivity index (χ4v) is 8.08. The number of allylic oxidation sites excluding steroid dienone is 2. The maximum absolute atomic E-state index is 12.7. The number of hydrogen-bond donors (Lipinski definition) is 3. The number of carboxylic acid groups (broad SMARTS) is 1. The van der Waals surface area contributed by atoms with Crippen LogP contribution >= 0.6 is 7.82 Å². The number of carboxylic acids is 1. The maximum atomic E-state index is 12.7. The molecule has 0 saturated heterocycles. The quantitative estimate of drug-likeness (QED) is 0.0230. The monoisotopic (exact) mass is 888 g/mol. The molecule has 0 aliphatic rings. The second-order valence-electron chi connectivity index (χ2n) is 17.3. The number of esters is 2. The number of ether oxygens (including phenoxy) is 2. The first-order valence-corrected chi connectivity index (χ1v) is 26.7. The minimum atomic E-state index is -4.71. The van der Waals surface area contributed by atoms with E-state index >= 15 is 0 Å². The van der Waals surface area contributed by atoms with Crippen molar-refractivity contribution in [1.29, 1.82) is 0 Å². The van der Waals surface area contributed by atoms with Gasteiger partial charge in [-0.1, -0.05) is 212 Å². The third-order valence-corrected chi connectivity index (χ3v) is 12.2. The Morgan fingerprint density at radius 2 is 0.820 bits per heavy atom. The highest BCUT2D eigenvalue weighted by Crippen LogP contribution is 2.43. The minimum Gasteiger partial charge on any atom is -0.480 e. The summed E-state index contributed by atoms with van der Waals surface area (Å²) >= 11 is 0. The van der Waals surface area contributed by atoms with Crippen molar-refractivity contribution in [3.05, 3.63) is 12.2 Å². The van der Waals surface area contributed by atoms with E-state index in [1.165, 1.54) is 173 Å². The van der Waals surface area contributed by atoms with Crippen molar-refractivity contribution in [2.24, 2.45) is 5.73 Å². The molecule has 0 spiro atoms. The van der Waals surface area contributed by atoms with Gasteiger partial charge >= 0.3 is 25.7 Å². The molecule has 3 atom stereocenters. The van der Waals surface area contributed by atoms with Gasteiger partial charge in [0.15, 0.2) is 6.10 Å². The van der Waals surface area contributed by atoms with E-state index < -0.39 is 51.1 Å². The summed E-state index contributed by atoms with van der Waals surface area (Å²) in [6.45, 7) is 2.85. The van der Waals surface area contributed by atoms with E-state index in [-0.39, 0.29) is 19.4 Å². The number of carbonyl (C=O) groups excluding carboxylic acids is 2. The second kappa shape index (κ2) is 44.8. The van der Waals surface area contributed by atoms with E-state index in [1.807, 2.05) is 0 Å². The van der Waals surface area contributed by atoms with Gasteiger partial charge in [-0.25, -0.2) is 4.57 Å². The summed E-state index contributed by atoms with van der Waals surface area (Å²) in [6, 6.07) is -1.52. The lowest BCUT2D eigenvalue weighted by atomic mass is 10.0. The van der Waals surface area contributed by atoms with Crippen LogP contribution in [-0.4, -0.2) is 59.9 Å². The zero-order valence-electron chi connectivity index (χ0n) is 39.3. The molecule has 12 heteroatoms. The Morgan fingerprint density at radius 1 is 0.492 bits per heavy atom. The highest BCUT2D eigenvalue weighted by atomic mass is 31.2. The van der Waals surface area contributed by atoms with Gasteiger partial charge in [0.2, 0.25) is 0 Å². The lowest BCUT2D eigenvalue weighted by Crippen LogP contribution is -2.34. The Balaban J connectivity index is 4.19. The molecule has 61 heavy (non-hydrogen) atoms. The van der Waals surface area contributed by atoms with Gasteiger partial charge in [0.1, 0.15) is 12.6 Å². The standard InChI is InChI=1S/C49H94NO10P/c1-3-5-7-9-11-13-15-17-19-20-21-22-23-24-25-26-27-29-31-33-35-37-39-41-48(52)60-45(43-58-61(55,56)59-44-46(50)49(53)54)42-57-47(51)40-38-36-34-32-30-28-18-16-14-12-10-8-6-4-2/h20-21,45-46H,3-19,22-44,50H2,1-2H3,(H,53,54)(H,55,56)/b21-20-. The minimum absolute atomic E-state index is 0.165. The zero-order chi connectivity index (χ0) is 44.9. The van der Waals surface area contributed by atoms with Crippen molar-refractivity contribution in [3.63, 3.8) is 0 Å². The second-order valence-corrected chi connectivity index (χ2v) is 18.8. The molecule has 0 amide bonds. The van der Waals surface area contributed by atoms with E-state index in [1.54, 1.807) is 0 Å². The first-order chi connectivity index (χ1) is 29.6. The molecular formula is C49H94NO10P. The van der Waals surface area contributed by atoms with Gasteiger partial charge < -0.3 is 25.2 Å². The fourth-order valence-electron chi connectivity index (χ4n) is 7.30. The number of nitrogens with two attached hydrogens (primary N) is 1. The molecule has 0 aliphatic carbocycles. The van der Waals surface area contributed by atoms with Crippen LogP contribution < -0.4 is 5.73 Å². The molecule has 0 heterocycles. The van der Waals surface area contributed by atoms with E-state index in [0.717, 1.165) is 38.5 Å². The molecule has 0 aliphatic heterocycles. The van der Waals surface area contributed by atoms with Crippen LogP contribution in [0.1, 0.15) is 251 Å². The summed E-state index contributed by atoms with van der Waals surface area (Å²) in [5, 5.41) is 8.91. The summed E-state index contributed by atoms with van der Waals surface area (Å²) in [4.78, 5) is 46.1. The molecular weight excluding hydrogens is 794 g/mol. The summed E-state index contributed by atoms with van der Waals surface area (Å²) in [6.07, 6.45) is 47.0. The maximum Gasteiger partial charge on any atom is 0.472 e. The Hall–Kier alpha value is -1.78. The average molecular weight is 888 g/mol. The number of phosphoric acid groups is 1. The Kier molecular flexibility index (Phi) is 43.5. The van der Waals surface area contributed by atoms with Gasteiger partial charge in [0.05, 0.1) is 13.2 Å². The summed E-state index contributed by atoms with van der Waals surface area (Å²) in [5.41, 5.74) is 5.35. The molecule has 0 fully saturated rings. The largest absolute Gasteiger partial charge is 0.480 e. The third kappa shape index (κ3) is 44.6. The highest BCUT2D eigenvalue weighted by molar-refractivity contribution is 7.47. The molecule has 3 unspecified atom stereocenters. The normalized spacial score (nSPS) is 13.6. The highest BCUT2D eigenvalue weighted by Gasteiger charge is 2.28. The SMILES string of the molecule is CCCCCCCCCC/C=C\CCCCCCCCCCCCCC(=O)OC(COC(=O)CCCCCCCCCCCCCCCC)COP(=O)(O)OCC(N)C(=O)O. The topological polar surface area (TPSA) is 172 Å². The van der Waals surface area contributed by atoms with Crippen LogP contribution in [-0.2, 0) is 37.5 Å². The molecule has 0 rings (SSSR count). The molecule has 4 N–H and O–H groups in total. The Morgan fingerprint density at radius 3 is 1.20 bits per heavy atom. The van der Waals surface area contributed by atoms with Crippen LogP contribution in [0, 0.1) is 0 Å². The molecule has 0 saturated carbocycles. The van der Waals surface area contributed by atoms with E-state index in [4.69, 9.17) is 24.8 Å². The first kappa shape index (κ1) is 59.2. The van der Waals surface area contributed by atoms with Crippen molar-refractivity contribution >= 4 is 25.7 Å². The number of aliphatic carboxylic acids is 1. The predicted octanol–water partition coefficient (Wildman–Crippen LogP) is 14.0. The van der Waals surface area contributed by atoms with Crippen molar-refractivity contribution in [3.8, 4) is 0 Å². The van der Waals surface area contributed by atoms with Crippen LogP contribution in [0.4, 0.5) is 0 Å². The predicted molar refractivity (Wildman–Crippen MR) is 249 cm³/mol. The first-order valence-electron chi connectivity index (χ1n) is 25.2. The summed E-state index contributed by atoms with van der Waals surface area (Å²) < 4.78 is 32.8. The molecule has 0 aromatic heterocycles. The summed E-state index contributed by atoms with van der Waals surface area (Å²) in [7, 11) is -4.71. The molecule has 0 aromatic carbocycles. The van der Waals surface area contributed by atoms with Gasteiger partial charge in [0, 0.05) is 12.8 Å². The lowest BCUT2D eigenvalue weighted by molar-refractivity contribution is -0.161. The van der Waals surface area contributed by atoms with Crippen LogP contribution in [0.3, 0.4) is 0 Å². The van der Waals surface area contributed by atoms with Gasteiger partial charge in [0.25, 0.3) is 0 Å². The van der Waals surface area contributed by atoms with Gasteiger partial charge in [-0.05, 0) is 38.5 Å². The molecule has 360 valence electrons. The van der Waals surface area contributed by atoms with Crippen LogP contribution in [0.5, 0.6) is 0 Å². The molecule has 0 radical (unpaired) electrons. The van der Waals surface area contributed by atoms with Crippen LogP contribution in [0.15, 0.2) is 12.2 Å². The molecule has 11 nitrogen and oxygen atoms in total. The van der Waals surface area contributed by atoms with Gasteiger partial charge in [-0.2, -0.15) is 0 Å². The molecule has 0 bridgehead atoms. The fraction of sp³-hybridized carbons (Fsp3) is 0.898. The number of unbranched alkanes of at least 4 members (excludes halogenated alkanes) is 32. The van der Waals surface area contributed by atoms with Gasteiger partial charge in [-0.3, -0.25) is 23.4 Å². The van der Waals surface area contributed by atoms with Crippen molar-refractivity contribution in [1.82, 2.24) is 0 Å². The van der Waals surface area contributed by atoms with Gasteiger partial charge in [-0.15, -0.1) is 0 Å². The van der Waals surface area contributed by atoms with Crippen molar-refractivity contribution in [2.75, 3.05) is 19.8 Å². The lowest BCUT2D eigenvalue weighted by Gasteiger charge is -2.20. The number of hydrogen-bond acceptors (Lipinski definition) is 9. The number of rotatable bonds is 48. The average Bonchev–Trinajstić information content (AvgIpc) is 3.24. The zero-order valence-corrected chi connectivity index (χ0v) is 40.2. The smallest absolute Gasteiger partial charge is 0.472 e. The molecule has 0 aromatic rings. The van der Waals surface area contributed by atoms with E-state index in [0.29, 0.717) is 12.8 Å². The van der Waals surface area contributed by atoms with Crippen molar-refractivity contribution in [2.45, 2.75) is 264 Å². The van der Waals surface area contributed by atoms with Crippen LogP contribution in [0.2, 0.25) is 0 Å². The Labute approximate surface area is 373 Å². The Bertz CT molecular complexity index is 1090. The van der Waals surface area contributed by atoms with E-state index in [9.17, 15) is 23.8 Å². The summed E-state index contributed by atoms with van der Waals surface area (Å²) in [5.74, 6) is -2.36. The third-order valence-electron chi connectivity index (χ3n) is 11.3. The van der Waals surface area contributed by atoms with E-state index in [2.05, 4.69) is 30.5 Å². The van der Waals surface area contributed by atoms with Crippen molar-refractivity contribution < 1.29 is 47.5 Å². The van der Waals surface area contributed by atoms with Crippen LogP contribution in [0.25, 0.3) is 0 Å². The number of phosphoric ester groups is 1.